The van der Waals surface area contributed by atoms with E-state index in [1.165, 1.54) is 31.2 Å². The minimum Gasteiger partial charge on any atom is -0.423 e. The van der Waals surface area contributed by atoms with E-state index >= 15 is 0 Å². The van der Waals surface area contributed by atoms with E-state index in [4.69, 9.17) is 9.47 Å². The van der Waals surface area contributed by atoms with E-state index in [1.54, 1.807) is 12.1 Å². The molecule has 0 fully saturated rings. The highest BCUT2D eigenvalue weighted by molar-refractivity contribution is 5.91. The van der Waals surface area contributed by atoms with Gasteiger partial charge in [-0.25, -0.2) is 4.79 Å². The van der Waals surface area contributed by atoms with Crippen molar-refractivity contribution in [2.45, 2.75) is 52.6 Å². The van der Waals surface area contributed by atoms with E-state index in [2.05, 4.69) is 11.9 Å². The van der Waals surface area contributed by atoms with Crippen LogP contribution >= 0.6 is 0 Å². The van der Waals surface area contributed by atoms with Gasteiger partial charge in [0.1, 0.15) is 5.75 Å². The quantitative estimate of drug-likeness (QED) is 0.200. The average molecular weight is 418 g/mol. The number of pyridine rings is 1. The molecular weight excluding hydrogens is 386 g/mol. The summed E-state index contributed by atoms with van der Waals surface area (Å²) in [5.74, 6) is 0.175. The standard InChI is InChI=1S/C27H31NO3/c1-3-5-6-7-8-21-9-12-24(13-10-21)27(29)31-25-16-14-23(15-17-25)26-18-11-22(19-28-26)20-30-4-2/h9-19H,3-8,20H2,1-2H3. The zero-order valence-corrected chi connectivity index (χ0v) is 18.5. The van der Waals surface area contributed by atoms with Crippen LogP contribution in [0.3, 0.4) is 0 Å². The Labute approximate surface area is 185 Å². The lowest BCUT2D eigenvalue weighted by atomic mass is 10.0. The lowest BCUT2D eigenvalue weighted by molar-refractivity contribution is 0.0735. The monoisotopic (exact) mass is 417 g/mol. The summed E-state index contributed by atoms with van der Waals surface area (Å²) >= 11 is 0. The van der Waals surface area contributed by atoms with Crippen molar-refractivity contribution in [3.05, 3.63) is 83.6 Å². The van der Waals surface area contributed by atoms with Gasteiger partial charge in [0, 0.05) is 18.4 Å². The molecule has 31 heavy (non-hydrogen) atoms. The molecule has 3 aromatic rings. The topological polar surface area (TPSA) is 48.4 Å². The van der Waals surface area contributed by atoms with E-state index in [9.17, 15) is 4.79 Å². The minimum atomic E-state index is -0.344. The molecule has 4 heteroatoms. The van der Waals surface area contributed by atoms with Crippen LogP contribution in [0.25, 0.3) is 11.3 Å². The van der Waals surface area contributed by atoms with Gasteiger partial charge in [0.15, 0.2) is 0 Å². The molecule has 0 aliphatic rings. The number of aryl methyl sites for hydroxylation is 1. The first-order valence-electron chi connectivity index (χ1n) is 11.1. The molecule has 0 unspecified atom stereocenters. The number of hydrogen-bond acceptors (Lipinski definition) is 4. The minimum absolute atomic E-state index is 0.344. The highest BCUT2D eigenvalue weighted by Crippen LogP contribution is 2.22. The molecule has 0 N–H and O–H groups in total. The van der Waals surface area contributed by atoms with E-state index in [0.29, 0.717) is 24.5 Å². The Morgan fingerprint density at radius 1 is 0.839 bits per heavy atom. The third-order valence-electron chi connectivity index (χ3n) is 5.17. The van der Waals surface area contributed by atoms with Gasteiger partial charge in [-0.3, -0.25) is 4.98 Å². The fourth-order valence-electron chi connectivity index (χ4n) is 3.32. The van der Waals surface area contributed by atoms with E-state index in [1.807, 2.05) is 61.7 Å². The number of unbranched alkanes of at least 4 members (excludes halogenated alkanes) is 3. The summed E-state index contributed by atoms with van der Waals surface area (Å²) in [5, 5.41) is 0. The van der Waals surface area contributed by atoms with Gasteiger partial charge in [0.25, 0.3) is 0 Å². The molecule has 0 atom stereocenters. The Balaban J connectivity index is 1.55. The SMILES string of the molecule is CCCCCCc1ccc(C(=O)Oc2ccc(-c3ccc(COCC)cn3)cc2)cc1. The molecule has 162 valence electrons. The Hall–Kier alpha value is -2.98. The maximum absolute atomic E-state index is 12.5. The molecule has 0 amide bonds. The molecule has 2 aromatic carbocycles. The second-order valence-electron chi connectivity index (χ2n) is 7.61. The summed E-state index contributed by atoms with van der Waals surface area (Å²) in [4.78, 5) is 16.9. The largest absolute Gasteiger partial charge is 0.423 e. The highest BCUT2D eigenvalue weighted by Gasteiger charge is 2.09. The van der Waals surface area contributed by atoms with Crippen LogP contribution in [-0.2, 0) is 17.8 Å². The van der Waals surface area contributed by atoms with Gasteiger partial charge in [0.2, 0.25) is 0 Å². The average Bonchev–Trinajstić information content (AvgIpc) is 2.82. The summed E-state index contributed by atoms with van der Waals surface area (Å²) in [7, 11) is 0. The predicted molar refractivity (Wildman–Crippen MR) is 124 cm³/mol. The molecule has 1 heterocycles. The van der Waals surface area contributed by atoms with E-state index in [0.717, 1.165) is 23.2 Å². The number of aromatic nitrogens is 1. The summed E-state index contributed by atoms with van der Waals surface area (Å²) in [6.45, 7) is 5.44. The zero-order chi connectivity index (χ0) is 21.9. The number of rotatable bonds is 11. The number of ether oxygens (including phenoxy) is 2. The molecule has 4 nitrogen and oxygen atoms in total. The molecule has 0 aliphatic heterocycles. The summed E-state index contributed by atoms with van der Waals surface area (Å²) in [6.07, 6.45) is 7.84. The van der Waals surface area contributed by atoms with Crippen LogP contribution in [0.2, 0.25) is 0 Å². The van der Waals surface area contributed by atoms with Crippen molar-refractivity contribution >= 4 is 5.97 Å². The highest BCUT2D eigenvalue weighted by atomic mass is 16.5. The first-order chi connectivity index (χ1) is 15.2. The number of benzene rings is 2. The first kappa shape index (κ1) is 22.7. The van der Waals surface area contributed by atoms with Gasteiger partial charge in [-0.1, -0.05) is 44.4 Å². The maximum atomic E-state index is 12.5. The molecule has 0 spiro atoms. The third kappa shape index (κ3) is 7.04. The Kier molecular flexibility index (Phi) is 8.80. The third-order valence-corrected chi connectivity index (χ3v) is 5.17. The molecule has 0 saturated heterocycles. The van der Waals surface area contributed by atoms with Gasteiger partial charge >= 0.3 is 5.97 Å². The van der Waals surface area contributed by atoms with Crippen LogP contribution < -0.4 is 4.74 Å². The molecule has 1 aromatic heterocycles. The molecular formula is C27H31NO3. The smallest absolute Gasteiger partial charge is 0.343 e. The van der Waals surface area contributed by atoms with Crippen LogP contribution in [0.1, 0.15) is 61.0 Å². The zero-order valence-electron chi connectivity index (χ0n) is 18.5. The molecule has 0 aliphatic carbocycles. The normalized spacial score (nSPS) is 10.8. The van der Waals surface area contributed by atoms with Gasteiger partial charge in [0.05, 0.1) is 17.9 Å². The van der Waals surface area contributed by atoms with Crippen LogP contribution in [0.5, 0.6) is 5.75 Å². The first-order valence-corrected chi connectivity index (χ1v) is 11.1. The van der Waals surface area contributed by atoms with E-state index < -0.39 is 0 Å². The molecule has 0 bridgehead atoms. The maximum Gasteiger partial charge on any atom is 0.343 e. The Bertz CT molecular complexity index is 932. The number of hydrogen-bond donors (Lipinski definition) is 0. The molecule has 0 radical (unpaired) electrons. The van der Waals surface area contributed by atoms with Gasteiger partial charge in [-0.2, -0.15) is 0 Å². The van der Waals surface area contributed by atoms with Crippen LogP contribution in [0, 0.1) is 0 Å². The summed E-state index contributed by atoms with van der Waals surface area (Å²) < 4.78 is 10.9. The molecule has 3 rings (SSSR count). The lowest BCUT2D eigenvalue weighted by Gasteiger charge is -2.07. The van der Waals surface area contributed by atoms with Gasteiger partial charge in [-0.05, 0) is 73.4 Å². The fourth-order valence-corrected chi connectivity index (χ4v) is 3.32. The van der Waals surface area contributed by atoms with Crippen molar-refractivity contribution in [2.75, 3.05) is 6.61 Å². The van der Waals surface area contributed by atoms with Gasteiger partial charge in [-0.15, -0.1) is 0 Å². The lowest BCUT2D eigenvalue weighted by Crippen LogP contribution is -2.08. The van der Waals surface area contributed by atoms with Crippen LogP contribution in [0.15, 0.2) is 66.9 Å². The molecule has 0 saturated carbocycles. The van der Waals surface area contributed by atoms with Crippen LogP contribution in [0.4, 0.5) is 0 Å². The van der Waals surface area contributed by atoms with Crippen molar-refractivity contribution in [3.8, 4) is 17.0 Å². The predicted octanol–water partition coefficient (Wildman–Crippen LogP) is 6.63. The van der Waals surface area contributed by atoms with E-state index in [-0.39, 0.29) is 5.97 Å². The second kappa shape index (κ2) is 12.0. The number of carbonyl (C=O) groups excluding carboxylic acids is 1. The number of esters is 1. The number of nitrogens with zero attached hydrogens (tertiary/aromatic N) is 1. The van der Waals surface area contributed by atoms with Gasteiger partial charge < -0.3 is 9.47 Å². The van der Waals surface area contributed by atoms with Crippen molar-refractivity contribution in [2.24, 2.45) is 0 Å². The Morgan fingerprint density at radius 2 is 1.58 bits per heavy atom. The van der Waals surface area contributed by atoms with Crippen molar-refractivity contribution < 1.29 is 14.3 Å². The Morgan fingerprint density at radius 3 is 2.23 bits per heavy atom. The van der Waals surface area contributed by atoms with Crippen molar-refractivity contribution in [1.82, 2.24) is 4.98 Å². The van der Waals surface area contributed by atoms with Crippen molar-refractivity contribution in [1.29, 1.82) is 0 Å². The van der Waals surface area contributed by atoms with Crippen molar-refractivity contribution in [3.63, 3.8) is 0 Å². The fraction of sp³-hybridized carbons (Fsp3) is 0.333. The summed E-state index contributed by atoms with van der Waals surface area (Å²) in [5.41, 5.74) is 4.70. The second-order valence-corrected chi connectivity index (χ2v) is 7.61. The van der Waals surface area contributed by atoms with Crippen LogP contribution in [-0.4, -0.2) is 17.6 Å². The number of carbonyl (C=O) groups is 1. The summed E-state index contributed by atoms with van der Waals surface area (Å²) in [6, 6.07) is 19.1.